The standard InChI is InChI=1S/C19H16F2N2O2/c1-23(12-15-4-2-3-14-11-22-10-9-17(14)15)18(24)13-5-7-16(8-6-13)25-19(20)21/h2-11,19H,12H2,1H3. The molecule has 128 valence electrons. The van der Waals surface area contributed by atoms with Crippen LogP contribution in [0.1, 0.15) is 15.9 Å². The maximum Gasteiger partial charge on any atom is 0.387 e. The average molecular weight is 342 g/mol. The van der Waals surface area contributed by atoms with Gasteiger partial charge in [0, 0.05) is 36.9 Å². The number of carbonyl (C=O) groups excluding carboxylic acids is 1. The lowest BCUT2D eigenvalue weighted by Gasteiger charge is -2.18. The molecule has 25 heavy (non-hydrogen) atoms. The number of hydrogen-bond acceptors (Lipinski definition) is 3. The van der Waals surface area contributed by atoms with E-state index in [0.29, 0.717) is 12.1 Å². The van der Waals surface area contributed by atoms with Crippen LogP contribution in [0.4, 0.5) is 8.78 Å². The second-order valence-corrected chi connectivity index (χ2v) is 5.58. The molecule has 0 aliphatic heterocycles. The number of amides is 1. The third-order valence-corrected chi connectivity index (χ3v) is 3.85. The lowest BCUT2D eigenvalue weighted by Crippen LogP contribution is -2.26. The van der Waals surface area contributed by atoms with E-state index in [4.69, 9.17) is 0 Å². The van der Waals surface area contributed by atoms with E-state index in [1.807, 2.05) is 24.3 Å². The first kappa shape index (κ1) is 16.8. The van der Waals surface area contributed by atoms with Crippen molar-refractivity contribution in [1.29, 1.82) is 0 Å². The quantitative estimate of drug-likeness (QED) is 0.701. The number of fused-ring (bicyclic) bond motifs is 1. The van der Waals surface area contributed by atoms with Gasteiger partial charge in [-0.05, 0) is 41.3 Å². The predicted molar refractivity (Wildman–Crippen MR) is 90.6 cm³/mol. The molecule has 0 N–H and O–H groups in total. The Bertz CT molecular complexity index is 877. The smallest absolute Gasteiger partial charge is 0.387 e. The van der Waals surface area contributed by atoms with E-state index >= 15 is 0 Å². The fourth-order valence-corrected chi connectivity index (χ4v) is 2.65. The lowest BCUT2D eigenvalue weighted by atomic mass is 10.1. The molecule has 0 aliphatic rings. The van der Waals surface area contributed by atoms with Gasteiger partial charge in [-0.25, -0.2) is 0 Å². The first-order valence-corrected chi connectivity index (χ1v) is 7.66. The number of aromatic nitrogens is 1. The van der Waals surface area contributed by atoms with E-state index < -0.39 is 6.61 Å². The topological polar surface area (TPSA) is 42.4 Å². The Morgan fingerprint density at radius 2 is 1.92 bits per heavy atom. The first-order valence-electron chi connectivity index (χ1n) is 7.66. The molecule has 0 unspecified atom stereocenters. The van der Waals surface area contributed by atoms with Crippen LogP contribution in [0.25, 0.3) is 10.8 Å². The SMILES string of the molecule is CN(Cc1cccc2cnccc12)C(=O)c1ccc(OC(F)F)cc1. The maximum absolute atomic E-state index is 12.5. The highest BCUT2D eigenvalue weighted by atomic mass is 19.3. The molecule has 1 amide bonds. The van der Waals surface area contributed by atoms with E-state index in [9.17, 15) is 13.6 Å². The van der Waals surface area contributed by atoms with Gasteiger partial charge in [-0.1, -0.05) is 18.2 Å². The summed E-state index contributed by atoms with van der Waals surface area (Å²) in [5.41, 5.74) is 1.42. The molecule has 3 rings (SSSR count). The van der Waals surface area contributed by atoms with E-state index in [2.05, 4.69) is 9.72 Å². The predicted octanol–water partition coefficient (Wildman–Crippen LogP) is 4.11. The Morgan fingerprint density at radius 3 is 2.64 bits per heavy atom. The van der Waals surface area contributed by atoms with Crippen LogP contribution in [0.5, 0.6) is 5.75 Å². The van der Waals surface area contributed by atoms with Crippen LogP contribution >= 0.6 is 0 Å². The van der Waals surface area contributed by atoms with Gasteiger partial charge in [-0.3, -0.25) is 9.78 Å². The Balaban J connectivity index is 1.76. The molecule has 0 spiro atoms. The molecule has 4 nitrogen and oxygen atoms in total. The highest BCUT2D eigenvalue weighted by molar-refractivity contribution is 5.94. The van der Waals surface area contributed by atoms with Crippen molar-refractivity contribution in [3.05, 3.63) is 72.1 Å². The summed E-state index contributed by atoms with van der Waals surface area (Å²) in [5, 5.41) is 2.05. The van der Waals surface area contributed by atoms with Crippen molar-refractivity contribution in [2.45, 2.75) is 13.2 Å². The number of ether oxygens (including phenoxy) is 1. The maximum atomic E-state index is 12.5. The molecule has 0 aliphatic carbocycles. The van der Waals surface area contributed by atoms with E-state index in [-0.39, 0.29) is 11.7 Å². The number of nitrogens with zero attached hydrogens (tertiary/aromatic N) is 2. The monoisotopic (exact) mass is 342 g/mol. The van der Waals surface area contributed by atoms with Gasteiger partial charge >= 0.3 is 6.61 Å². The molecule has 3 aromatic rings. The number of halogens is 2. The second kappa shape index (κ2) is 7.25. The van der Waals surface area contributed by atoms with Crippen molar-refractivity contribution in [1.82, 2.24) is 9.88 Å². The van der Waals surface area contributed by atoms with Crippen LogP contribution in [-0.4, -0.2) is 29.5 Å². The summed E-state index contributed by atoms with van der Waals surface area (Å²) in [5.74, 6) is -0.176. The number of carbonyl (C=O) groups is 1. The summed E-state index contributed by atoms with van der Waals surface area (Å²) < 4.78 is 28.6. The summed E-state index contributed by atoms with van der Waals surface area (Å²) >= 11 is 0. The highest BCUT2D eigenvalue weighted by Crippen LogP contribution is 2.20. The average Bonchev–Trinajstić information content (AvgIpc) is 2.61. The zero-order valence-electron chi connectivity index (χ0n) is 13.5. The van der Waals surface area contributed by atoms with Gasteiger partial charge < -0.3 is 9.64 Å². The lowest BCUT2D eigenvalue weighted by molar-refractivity contribution is -0.0498. The van der Waals surface area contributed by atoms with Crippen LogP contribution in [0, 0.1) is 0 Å². The van der Waals surface area contributed by atoms with Crippen LogP contribution < -0.4 is 4.74 Å². The largest absolute Gasteiger partial charge is 0.435 e. The molecule has 0 bridgehead atoms. The molecule has 1 heterocycles. The molecule has 0 saturated heterocycles. The summed E-state index contributed by atoms with van der Waals surface area (Å²) in [6, 6.07) is 13.4. The van der Waals surface area contributed by atoms with Gasteiger partial charge in [0.2, 0.25) is 0 Å². The van der Waals surface area contributed by atoms with Gasteiger partial charge in [0.15, 0.2) is 0 Å². The minimum absolute atomic E-state index is 0.0238. The molecule has 1 aromatic heterocycles. The molecular weight excluding hydrogens is 326 g/mol. The second-order valence-electron chi connectivity index (χ2n) is 5.58. The molecule has 6 heteroatoms. The van der Waals surface area contributed by atoms with Crippen molar-refractivity contribution >= 4 is 16.7 Å². The van der Waals surface area contributed by atoms with Crippen molar-refractivity contribution in [3.8, 4) is 5.75 Å². The Morgan fingerprint density at radius 1 is 1.16 bits per heavy atom. The number of hydrogen-bond donors (Lipinski definition) is 0. The Kier molecular flexibility index (Phi) is 4.88. The number of alkyl halides is 2. The zero-order chi connectivity index (χ0) is 17.8. The summed E-state index contributed by atoms with van der Waals surface area (Å²) in [4.78, 5) is 18.2. The van der Waals surface area contributed by atoms with Gasteiger partial charge in [0.05, 0.1) is 0 Å². The molecule has 0 radical (unpaired) electrons. The van der Waals surface area contributed by atoms with Crippen molar-refractivity contribution in [3.63, 3.8) is 0 Å². The van der Waals surface area contributed by atoms with E-state index in [1.54, 1.807) is 24.3 Å². The summed E-state index contributed by atoms with van der Waals surface area (Å²) in [7, 11) is 1.70. The summed E-state index contributed by atoms with van der Waals surface area (Å²) in [6.45, 7) is -2.46. The minimum Gasteiger partial charge on any atom is -0.435 e. The van der Waals surface area contributed by atoms with Gasteiger partial charge in [0.25, 0.3) is 5.91 Å². The van der Waals surface area contributed by atoms with Gasteiger partial charge in [0.1, 0.15) is 5.75 Å². The highest BCUT2D eigenvalue weighted by Gasteiger charge is 2.14. The molecule has 0 saturated carbocycles. The first-order chi connectivity index (χ1) is 12.0. The third kappa shape index (κ3) is 3.91. The fraction of sp³-hybridized carbons (Fsp3) is 0.158. The molecule has 0 atom stereocenters. The number of rotatable bonds is 5. The van der Waals surface area contributed by atoms with Crippen LogP contribution in [0.3, 0.4) is 0 Å². The van der Waals surface area contributed by atoms with Gasteiger partial charge in [-0.15, -0.1) is 0 Å². The zero-order valence-corrected chi connectivity index (χ0v) is 13.5. The van der Waals surface area contributed by atoms with Gasteiger partial charge in [-0.2, -0.15) is 8.78 Å². The van der Waals surface area contributed by atoms with Crippen molar-refractivity contribution in [2.75, 3.05) is 7.05 Å². The van der Waals surface area contributed by atoms with Crippen LogP contribution in [-0.2, 0) is 6.54 Å². The minimum atomic E-state index is -2.88. The molecule has 2 aromatic carbocycles. The van der Waals surface area contributed by atoms with Crippen molar-refractivity contribution in [2.24, 2.45) is 0 Å². The third-order valence-electron chi connectivity index (χ3n) is 3.85. The van der Waals surface area contributed by atoms with Crippen LogP contribution in [0.2, 0.25) is 0 Å². The summed E-state index contributed by atoms with van der Waals surface area (Å²) in [6.07, 6.45) is 3.50. The van der Waals surface area contributed by atoms with E-state index in [0.717, 1.165) is 16.3 Å². The number of pyridine rings is 1. The van der Waals surface area contributed by atoms with E-state index in [1.165, 1.54) is 24.3 Å². The van der Waals surface area contributed by atoms with Crippen molar-refractivity contribution < 1.29 is 18.3 Å². The Labute approximate surface area is 143 Å². The normalized spacial score (nSPS) is 10.9. The molecular formula is C19H16F2N2O2. The molecule has 0 fully saturated rings. The Hall–Kier alpha value is -3.02. The number of benzene rings is 2. The van der Waals surface area contributed by atoms with Crippen LogP contribution in [0.15, 0.2) is 60.9 Å². The fourth-order valence-electron chi connectivity index (χ4n) is 2.65.